The van der Waals surface area contributed by atoms with Gasteiger partial charge in [-0.2, -0.15) is 0 Å². The van der Waals surface area contributed by atoms with Gasteiger partial charge in [-0.15, -0.1) is 0 Å². The second-order valence-corrected chi connectivity index (χ2v) is 18.0. The van der Waals surface area contributed by atoms with Crippen molar-refractivity contribution in [1.82, 2.24) is 0 Å². The van der Waals surface area contributed by atoms with Crippen LogP contribution in [-0.4, -0.2) is 30.6 Å². The SMILES string of the molecule is COC(=O)[C@]1(C)C(=O)CC[C@]2(C)[C@H]3C(=O)C=C4[C@@H]5C[C@@](C)(C(=O)OC(c6ccccc6)c6ccccc6)CC[C@]5(C)CC[C@@]4(C)[C@]3(C)CC[C@@H]12. The molecule has 0 heterocycles. The highest BCUT2D eigenvalue weighted by molar-refractivity contribution is 6.05. The number of methoxy groups -OCH3 is 1. The summed E-state index contributed by atoms with van der Waals surface area (Å²) in [7, 11) is 1.36. The van der Waals surface area contributed by atoms with E-state index < -0.39 is 28.3 Å². The van der Waals surface area contributed by atoms with Gasteiger partial charge < -0.3 is 9.47 Å². The first-order valence-corrected chi connectivity index (χ1v) is 18.8. The summed E-state index contributed by atoms with van der Waals surface area (Å²) in [5.41, 5.74) is 0.000980. The number of carbonyl (C=O) groups excluding carboxylic acids is 4. The number of benzene rings is 2. The zero-order chi connectivity index (χ0) is 35.9. The number of hydrogen-bond donors (Lipinski definition) is 0. The van der Waals surface area contributed by atoms with Gasteiger partial charge in [-0.3, -0.25) is 19.2 Å². The first kappa shape index (κ1) is 34.9. The molecule has 6 nitrogen and oxygen atoms in total. The molecule has 4 fully saturated rings. The Bertz CT molecular complexity index is 1700. The minimum atomic E-state index is -1.25. The lowest BCUT2D eigenvalue weighted by molar-refractivity contribution is -0.199. The maximum Gasteiger partial charge on any atom is 0.319 e. The van der Waals surface area contributed by atoms with Gasteiger partial charge in [0.05, 0.1) is 12.5 Å². The molecular weight excluding hydrogens is 624 g/mol. The van der Waals surface area contributed by atoms with Gasteiger partial charge in [-0.1, -0.05) is 93.9 Å². The molecule has 4 saturated carbocycles. The van der Waals surface area contributed by atoms with Crippen LogP contribution in [0.2, 0.25) is 0 Å². The van der Waals surface area contributed by atoms with E-state index >= 15 is 0 Å². The molecule has 7 rings (SSSR count). The van der Waals surface area contributed by atoms with Gasteiger partial charge in [-0.05, 0) is 116 Å². The summed E-state index contributed by atoms with van der Waals surface area (Å²) < 4.78 is 11.7. The third kappa shape index (κ3) is 4.79. The minimum Gasteiger partial charge on any atom is -0.468 e. The van der Waals surface area contributed by atoms with Crippen LogP contribution in [0.25, 0.3) is 0 Å². The van der Waals surface area contributed by atoms with E-state index in [1.807, 2.05) is 66.7 Å². The lowest BCUT2D eigenvalue weighted by Gasteiger charge is -2.69. The van der Waals surface area contributed by atoms with Crippen molar-refractivity contribution in [1.29, 1.82) is 0 Å². The van der Waals surface area contributed by atoms with E-state index in [9.17, 15) is 19.2 Å². The van der Waals surface area contributed by atoms with Crippen LogP contribution in [0.3, 0.4) is 0 Å². The first-order valence-electron chi connectivity index (χ1n) is 18.8. The Morgan fingerprint density at radius 1 is 0.760 bits per heavy atom. The number of esters is 2. The van der Waals surface area contributed by atoms with Crippen molar-refractivity contribution >= 4 is 23.5 Å². The normalized spacial score (nSPS) is 40.8. The van der Waals surface area contributed by atoms with Crippen LogP contribution in [0.4, 0.5) is 0 Å². The Kier molecular flexibility index (Phi) is 8.20. The number of ketones is 2. The molecule has 266 valence electrons. The average molecular weight is 679 g/mol. The van der Waals surface area contributed by atoms with E-state index in [0.29, 0.717) is 19.3 Å². The highest BCUT2D eigenvalue weighted by Crippen LogP contribution is 2.75. The molecule has 0 aromatic heterocycles. The average Bonchev–Trinajstić information content (AvgIpc) is 3.10. The Morgan fingerprint density at radius 3 is 1.96 bits per heavy atom. The third-order valence-electron chi connectivity index (χ3n) is 15.5. The maximum absolute atomic E-state index is 14.8. The smallest absolute Gasteiger partial charge is 0.319 e. The van der Waals surface area contributed by atoms with Gasteiger partial charge in [0.1, 0.15) is 11.2 Å². The van der Waals surface area contributed by atoms with E-state index in [2.05, 4.69) is 34.6 Å². The molecule has 0 saturated heterocycles. The van der Waals surface area contributed by atoms with Gasteiger partial charge in [0.2, 0.25) is 0 Å². The lowest BCUT2D eigenvalue weighted by Crippen LogP contribution is -2.67. The Hall–Kier alpha value is -3.54. The Balaban J connectivity index is 1.23. The standard InChI is InChI=1S/C44H54O6/c1-39-22-23-40(2,37(47)50-35(28-14-10-8-11-15-28)29-16-12-9-13-17-29)27-31(39)30-26-32(45)36-41(3)20-19-34(46)44(6,38(48)49-7)33(41)18-21-43(36,5)42(30,4)25-24-39/h8-17,26,31,33,35-36H,18-25,27H2,1-7H3/t31-,33+,36+,39+,40-,41-,42+,43+,44-/m0/s1. The third-order valence-corrected chi connectivity index (χ3v) is 15.5. The lowest BCUT2D eigenvalue weighted by atomic mass is 9.33. The molecule has 0 N–H and O–H groups in total. The fraction of sp³-hybridized carbons (Fsp3) is 0.591. The summed E-state index contributed by atoms with van der Waals surface area (Å²) in [4.78, 5) is 55.9. The van der Waals surface area contributed by atoms with Crippen LogP contribution in [0, 0.1) is 50.2 Å². The summed E-state index contributed by atoms with van der Waals surface area (Å²) in [6, 6.07) is 19.9. The number of rotatable bonds is 5. The minimum absolute atomic E-state index is 0.0192. The molecule has 0 amide bonds. The topological polar surface area (TPSA) is 86.7 Å². The number of carbonyl (C=O) groups is 4. The van der Waals surface area contributed by atoms with Crippen LogP contribution in [0.5, 0.6) is 0 Å². The molecule has 2 aromatic rings. The van der Waals surface area contributed by atoms with Gasteiger partial charge in [0, 0.05) is 12.3 Å². The molecule has 5 aliphatic rings. The Labute approximate surface area is 297 Å². The second kappa shape index (κ2) is 11.7. The number of fused-ring (bicyclic) bond motifs is 7. The van der Waals surface area contributed by atoms with Gasteiger partial charge in [0.15, 0.2) is 11.9 Å². The number of ether oxygens (including phenoxy) is 2. The zero-order valence-electron chi connectivity index (χ0n) is 31.0. The fourth-order valence-corrected chi connectivity index (χ4v) is 12.2. The molecule has 0 aliphatic heterocycles. The van der Waals surface area contributed by atoms with E-state index in [-0.39, 0.29) is 58.0 Å². The molecule has 0 spiro atoms. The van der Waals surface area contributed by atoms with Crippen molar-refractivity contribution in [3.63, 3.8) is 0 Å². The van der Waals surface area contributed by atoms with Gasteiger partial charge in [0.25, 0.3) is 0 Å². The maximum atomic E-state index is 14.8. The van der Waals surface area contributed by atoms with E-state index in [1.54, 1.807) is 6.92 Å². The summed E-state index contributed by atoms with van der Waals surface area (Å²) in [6.45, 7) is 13.1. The summed E-state index contributed by atoms with van der Waals surface area (Å²) in [5.74, 6) is -1.09. The van der Waals surface area contributed by atoms with Crippen molar-refractivity contribution in [3.05, 3.63) is 83.4 Å². The zero-order valence-corrected chi connectivity index (χ0v) is 31.0. The van der Waals surface area contributed by atoms with Crippen molar-refractivity contribution < 1.29 is 28.7 Å². The predicted octanol–water partition coefficient (Wildman–Crippen LogP) is 9.02. The first-order chi connectivity index (χ1) is 23.6. The molecule has 0 unspecified atom stereocenters. The fourth-order valence-electron chi connectivity index (χ4n) is 12.2. The molecule has 50 heavy (non-hydrogen) atoms. The second-order valence-electron chi connectivity index (χ2n) is 18.0. The van der Waals surface area contributed by atoms with Crippen LogP contribution >= 0.6 is 0 Å². The summed E-state index contributed by atoms with van der Waals surface area (Å²) in [5, 5.41) is 0. The Morgan fingerprint density at radius 2 is 1.36 bits per heavy atom. The molecule has 5 aliphatic carbocycles. The highest BCUT2D eigenvalue weighted by Gasteiger charge is 2.72. The van der Waals surface area contributed by atoms with Crippen LogP contribution in [-0.2, 0) is 28.7 Å². The highest BCUT2D eigenvalue weighted by atomic mass is 16.5. The van der Waals surface area contributed by atoms with Gasteiger partial charge in [-0.25, -0.2) is 0 Å². The van der Waals surface area contributed by atoms with Crippen LogP contribution in [0.15, 0.2) is 72.3 Å². The molecule has 0 bridgehead atoms. The van der Waals surface area contributed by atoms with Crippen molar-refractivity contribution in [2.45, 2.75) is 105 Å². The van der Waals surface area contributed by atoms with Crippen LogP contribution < -0.4 is 0 Å². The quantitative estimate of drug-likeness (QED) is 0.232. The van der Waals surface area contributed by atoms with Crippen LogP contribution in [0.1, 0.15) is 117 Å². The molecule has 9 atom stereocenters. The number of allylic oxidation sites excluding steroid dienone is 2. The van der Waals surface area contributed by atoms with Crippen molar-refractivity contribution in [2.24, 2.45) is 50.2 Å². The predicted molar refractivity (Wildman–Crippen MR) is 192 cm³/mol. The summed E-state index contributed by atoms with van der Waals surface area (Å²) in [6.07, 6.45) is 8.09. The monoisotopic (exact) mass is 678 g/mol. The van der Waals surface area contributed by atoms with E-state index in [0.717, 1.165) is 43.2 Å². The van der Waals surface area contributed by atoms with Gasteiger partial charge >= 0.3 is 11.9 Å². The number of Topliss-reactive ketones (excluding diaryl/α,β-unsaturated/α-hetero) is 1. The van der Waals surface area contributed by atoms with E-state index in [4.69, 9.17) is 9.47 Å². The van der Waals surface area contributed by atoms with E-state index in [1.165, 1.54) is 12.7 Å². The molecular formula is C44H54O6. The number of hydrogen-bond acceptors (Lipinski definition) is 6. The molecule has 6 heteroatoms. The molecule has 2 aromatic carbocycles. The van der Waals surface area contributed by atoms with Crippen molar-refractivity contribution in [2.75, 3.05) is 7.11 Å². The summed E-state index contributed by atoms with van der Waals surface area (Å²) >= 11 is 0. The molecule has 0 radical (unpaired) electrons. The van der Waals surface area contributed by atoms with Crippen molar-refractivity contribution in [3.8, 4) is 0 Å². The largest absolute Gasteiger partial charge is 0.468 e.